The molecule has 6 heteroatoms. The van der Waals surface area contributed by atoms with Gasteiger partial charge in [0, 0.05) is 18.7 Å². The van der Waals surface area contributed by atoms with E-state index in [0.29, 0.717) is 37.2 Å². The highest BCUT2D eigenvalue weighted by atomic mass is 16.5. The van der Waals surface area contributed by atoms with Gasteiger partial charge in [-0.1, -0.05) is 6.07 Å². The number of rotatable bonds is 5. The molecule has 1 aliphatic rings. The summed E-state index contributed by atoms with van der Waals surface area (Å²) in [7, 11) is 1.56. The molecule has 1 saturated heterocycles. The molecule has 1 aliphatic heterocycles. The molecule has 0 aliphatic carbocycles. The zero-order valence-corrected chi connectivity index (χ0v) is 11.9. The first-order valence-corrected chi connectivity index (χ1v) is 6.87. The van der Waals surface area contributed by atoms with Crippen LogP contribution in [0.3, 0.4) is 0 Å². The summed E-state index contributed by atoms with van der Waals surface area (Å²) >= 11 is 0. The minimum Gasteiger partial charge on any atom is -0.497 e. The van der Waals surface area contributed by atoms with Gasteiger partial charge in [0.05, 0.1) is 13.2 Å². The second kappa shape index (κ2) is 7.08. The average Bonchev–Trinajstić information content (AvgIpc) is 2.52. The zero-order chi connectivity index (χ0) is 15.2. The van der Waals surface area contributed by atoms with Crippen LogP contribution in [0.15, 0.2) is 24.3 Å². The van der Waals surface area contributed by atoms with Crippen LogP contribution in [0.2, 0.25) is 0 Å². The molecule has 6 nitrogen and oxygen atoms in total. The van der Waals surface area contributed by atoms with Gasteiger partial charge >= 0.3 is 5.97 Å². The maximum atomic E-state index is 12.4. The lowest BCUT2D eigenvalue weighted by Gasteiger charge is -2.31. The fourth-order valence-electron chi connectivity index (χ4n) is 2.35. The van der Waals surface area contributed by atoms with Crippen LogP contribution >= 0.6 is 0 Å². The summed E-state index contributed by atoms with van der Waals surface area (Å²) in [6, 6.07) is 7.06. The Hall–Kier alpha value is -2.08. The highest BCUT2D eigenvalue weighted by Gasteiger charge is 2.24. The van der Waals surface area contributed by atoms with Gasteiger partial charge in [0.1, 0.15) is 12.4 Å². The van der Waals surface area contributed by atoms with Gasteiger partial charge in [0.15, 0.2) is 0 Å². The number of carbonyl (C=O) groups is 2. The van der Waals surface area contributed by atoms with Gasteiger partial charge in [-0.25, -0.2) is 4.79 Å². The third-order valence-electron chi connectivity index (χ3n) is 3.49. The van der Waals surface area contributed by atoms with E-state index in [2.05, 4.69) is 0 Å². The van der Waals surface area contributed by atoms with Gasteiger partial charge in [-0.3, -0.25) is 4.79 Å². The first kappa shape index (κ1) is 15.3. The number of nitrogens with zero attached hydrogens (tertiary/aromatic N) is 1. The van der Waals surface area contributed by atoms with Gasteiger partial charge in [0.2, 0.25) is 0 Å². The van der Waals surface area contributed by atoms with E-state index in [-0.39, 0.29) is 18.6 Å². The smallest absolute Gasteiger partial charge is 0.329 e. The molecule has 0 saturated carbocycles. The maximum Gasteiger partial charge on any atom is 0.329 e. The number of carboxylic acid groups (broad SMARTS) is 1. The van der Waals surface area contributed by atoms with E-state index in [1.54, 1.807) is 36.3 Å². The molecular weight excluding hydrogens is 274 g/mol. The zero-order valence-electron chi connectivity index (χ0n) is 11.9. The monoisotopic (exact) mass is 293 g/mol. The molecule has 0 bridgehead atoms. The Morgan fingerprint density at radius 3 is 2.67 bits per heavy atom. The number of hydrogen-bond acceptors (Lipinski definition) is 4. The molecule has 1 N–H and O–H groups in total. The quantitative estimate of drug-likeness (QED) is 0.888. The Morgan fingerprint density at radius 1 is 1.33 bits per heavy atom. The van der Waals surface area contributed by atoms with Crippen LogP contribution in [0.4, 0.5) is 0 Å². The van der Waals surface area contributed by atoms with Gasteiger partial charge < -0.3 is 19.5 Å². The Labute approximate surface area is 123 Å². The number of carbonyl (C=O) groups excluding carboxylic acids is 1. The number of likely N-dealkylation sites (tertiary alicyclic amines) is 1. The van der Waals surface area contributed by atoms with Crippen molar-refractivity contribution in [2.75, 3.05) is 26.8 Å². The van der Waals surface area contributed by atoms with Crippen molar-refractivity contribution >= 4 is 11.9 Å². The van der Waals surface area contributed by atoms with Crippen molar-refractivity contribution in [2.45, 2.75) is 18.9 Å². The molecule has 0 spiro atoms. The van der Waals surface area contributed by atoms with Gasteiger partial charge in [-0.15, -0.1) is 0 Å². The third kappa shape index (κ3) is 4.19. The summed E-state index contributed by atoms with van der Waals surface area (Å²) in [5.74, 6) is -0.351. The van der Waals surface area contributed by atoms with Crippen LogP contribution in [0.25, 0.3) is 0 Å². The van der Waals surface area contributed by atoms with Gasteiger partial charge in [0.25, 0.3) is 5.91 Å². The summed E-state index contributed by atoms with van der Waals surface area (Å²) in [4.78, 5) is 24.6. The molecule has 1 heterocycles. The molecular formula is C15H19NO5. The molecule has 1 aromatic carbocycles. The Balaban J connectivity index is 1.89. The minimum absolute atomic E-state index is 0.0365. The van der Waals surface area contributed by atoms with Gasteiger partial charge in [-0.2, -0.15) is 0 Å². The Bertz CT molecular complexity index is 509. The molecule has 1 amide bonds. The second-order valence-electron chi connectivity index (χ2n) is 4.93. The normalized spacial score (nSPS) is 15.8. The standard InChI is InChI=1S/C15H19NO5/c1-20-13-4-2-3-11(9-13)15(19)16-7-5-12(6-8-16)21-10-14(17)18/h2-4,9,12H,5-8,10H2,1H3,(H,17,18). The first-order chi connectivity index (χ1) is 10.1. The molecule has 1 aromatic rings. The Morgan fingerprint density at radius 2 is 2.05 bits per heavy atom. The van der Waals surface area contributed by atoms with E-state index in [4.69, 9.17) is 14.6 Å². The second-order valence-corrected chi connectivity index (χ2v) is 4.93. The number of hydrogen-bond donors (Lipinski definition) is 1. The lowest BCUT2D eigenvalue weighted by Crippen LogP contribution is -2.41. The number of piperidine rings is 1. The molecule has 2 rings (SSSR count). The fourth-order valence-corrected chi connectivity index (χ4v) is 2.35. The lowest BCUT2D eigenvalue weighted by molar-refractivity contribution is -0.145. The molecule has 1 fully saturated rings. The van der Waals surface area contributed by atoms with Crippen molar-refractivity contribution in [3.8, 4) is 5.75 Å². The summed E-state index contributed by atoms with van der Waals surface area (Å²) in [6.07, 6.45) is 1.22. The van der Waals surface area contributed by atoms with Crippen LogP contribution in [-0.2, 0) is 9.53 Å². The van der Waals surface area contributed by atoms with Crippen molar-refractivity contribution in [3.05, 3.63) is 29.8 Å². The minimum atomic E-state index is -0.968. The molecule has 0 unspecified atom stereocenters. The van der Waals surface area contributed by atoms with E-state index >= 15 is 0 Å². The van der Waals surface area contributed by atoms with E-state index in [0.717, 1.165) is 0 Å². The predicted molar refractivity (Wildman–Crippen MR) is 75.5 cm³/mol. The van der Waals surface area contributed by atoms with Crippen molar-refractivity contribution in [3.63, 3.8) is 0 Å². The fraction of sp³-hybridized carbons (Fsp3) is 0.467. The van der Waals surface area contributed by atoms with Crippen LogP contribution < -0.4 is 4.74 Å². The van der Waals surface area contributed by atoms with Crippen LogP contribution in [-0.4, -0.2) is 54.8 Å². The summed E-state index contributed by atoms with van der Waals surface area (Å²) < 4.78 is 10.4. The lowest BCUT2D eigenvalue weighted by atomic mass is 10.1. The number of aliphatic carboxylic acids is 1. The molecule has 21 heavy (non-hydrogen) atoms. The molecule has 114 valence electrons. The summed E-state index contributed by atoms with van der Waals surface area (Å²) in [5.41, 5.74) is 0.597. The summed E-state index contributed by atoms with van der Waals surface area (Å²) in [6.45, 7) is 0.856. The van der Waals surface area contributed by atoms with Crippen molar-refractivity contribution < 1.29 is 24.2 Å². The number of carboxylic acids is 1. The van der Waals surface area contributed by atoms with Crippen LogP contribution in [0.5, 0.6) is 5.75 Å². The number of benzene rings is 1. The van der Waals surface area contributed by atoms with Crippen molar-refractivity contribution in [1.82, 2.24) is 4.90 Å². The predicted octanol–water partition coefficient (Wildman–Crippen LogP) is 1.40. The Kier molecular flexibility index (Phi) is 5.16. The molecule has 0 atom stereocenters. The third-order valence-corrected chi connectivity index (χ3v) is 3.49. The van der Waals surface area contributed by atoms with Crippen molar-refractivity contribution in [1.29, 1.82) is 0 Å². The molecule has 0 radical (unpaired) electrons. The molecule has 0 aromatic heterocycles. The van der Waals surface area contributed by atoms with Gasteiger partial charge in [-0.05, 0) is 31.0 Å². The first-order valence-electron chi connectivity index (χ1n) is 6.87. The number of amides is 1. The highest BCUT2D eigenvalue weighted by Crippen LogP contribution is 2.19. The van der Waals surface area contributed by atoms with E-state index in [1.807, 2.05) is 0 Å². The highest BCUT2D eigenvalue weighted by molar-refractivity contribution is 5.94. The maximum absolute atomic E-state index is 12.4. The average molecular weight is 293 g/mol. The summed E-state index contributed by atoms with van der Waals surface area (Å²) in [5, 5.41) is 8.58. The van der Waals surface area contributed by atoms with Crippen molar-refractivity contribution in [2.24, 2.45) is 0 Å². The number of ether oxygens (including phenoxy) is 2. The van der Waals surface area contributed by atoms with E-state index < -0.39 is 5.97 Å². The van der Waals surface area contributed by atoms with E-state index in [1.165, 1.54) is 0 Å². The number of methoxy groups -OCH3 is 1. The topological polar surface area (TPSA) is 76.1 Å². The largest absolute Gasteiger partial charge is 0.497 e. The van der Waals surface area contributed by atoms with E-state index in [9.17, 15) is 9.59 Å². The van der Waals surface area contributed by atoms with Crippen LogP contribution in [0.1, 0.15) is 23.2 Å². The SMILES string of the molecule is COc1cccc(C(=O)N2CCC(OCC(=O)O)CC2)c1. The van der Waals surface area contributed by atoms with Crippen LogP contribution in [0, 0.1) is 0 Å².